The van der Waals surface area contributed by atoms with Crippen LogP contribution in [0.1, 0.15) is 24.1 Å². The van der Waals surface area contributed by atoms with Gasteiger partial charge in [0.25, 0.3) is 0 Å². The summed E-state index contributed by atoms with van der Waals surface area (Å²) in [5.74, 6) is 0.251. The molecule has 0 fully saturated rings. The lowest BCUT2D eigenvalue weighted by Gasteiger charge is -2.16. The Kier molecular flexibility index (Phi) is 5.57. The Hall–Kier alpha value is -2.56. The van der Waals surface area contributed by atoms with Crippen LogP contribution in [0.15, 0.2) is 42.5 Å². The van der Waals surface area contributed by atoms with E-state index < -0.39 is 0 Å². The largest absolute Gasteiger partial charge is 0.495 e. The van der Waals surface area contributed by atoms with Gasteiger partial charge in [0.15, 0.2) is 0 Å². The molecule has 122 valence electrons. The van der Waals surface area contributed by atoms with Crippen molar-refractivity contribution >= 4 is 11.6 Å². The topological polar surface area (TPSA) is 50.4 Å². The molecule has 1 unspecified atom stereocenters. The molecule has 2 rings (SSSR count). The molecule has 5 heteroatoms. The molecule has 0 bridgehead atoms. The van der Waals surface area contributed by atoms with Crippen LogP contribution in [0.4, 0.5) is 10.1 Å². The number of rotatable bonds is 6. The van der Waals surface area contributed by atoms with Crippen LogP contribution in [-0.2, 0) is 4.79 Å². The van der Waals surface area contributed by atoms with Gasteiger partial charge in [-0.25, -0.2) is 4.39 Å². The summed E-state index contributed by atoms with van der Waals surface area (Å²) in [6.07, 6.45) is 0. The summed E-state index contributed by atoms with van der Waals surface area (Å²) in [6, 6.07) is 11.6. The fourth-order valence-electron chi connectivity index (χ4n) is 2.26. The van der Waals surface area contributed by atoms with Crippen LogP contribution in [0.3, 0.4) is 0 Å². The number of nitrogens with one attached hydrogen (secondary N) is 2. The summed E-state index contributed by atoms with van der Waals surface area (Å²) in [5.41, 5.74) is 2.71. The van der Waals surface area contributed by atoms with Crippen molar-refractivity contribution in [1.82, 2.24) is 5.32 Å². The summed E-state index contributed by atoms with van der Waals surface area (Å²) in [7, 11) is 1.59. The second-order valence-electron chi connectivity index (χ2n) is 5.40. The quantitative estimate of drug-likeness (QED) is 0.858. The standard InChI is InChI=1S/C18H21FN2O2/c1-12-4-9-17(23-3)16(10-12)20-11-18(22)21-13(2)14-5-7-15(19)8-6-14/h4-10,13,20H,11H2,1-3H3,(H,21,22). The van der Waals surface area contributed by atoms with E-state index in [-0.39, 0.29) is 24.3 Å². The number of carbonyl (C=O) groups is 1. The van der Waals surface area contributed by atoms with E-state index in [0.29, 0.717) is 5.75 Å². The molecular formula is C18H21FN2O2. The van der Waals surface area contributed by atoms with Crippen LogP contribution in [0.2, 0.25) is 0 Å². The highest BCUT2D eigenvalue weighted by atomic mass is 19.1. The van der Waals surface area contributed by atoms with Crippen molar-refractivity contribution in [3.8, 4) is 5.75 Å². The van der Waals surface area contributed by atoms with Crippen LogP contribution in [0.5, 0.6) is 5.75 Å². The fourth-order valence-corrected chi connectivity index (χ4v) is 2.26. The molecule has 0 aliphatic rings. The van der Waals surface area contributed by atoms with Crippen molar-refractivity contribution in [2.45, 2.75) is 19.9 Å². The van der Waals surface area contributed by atoms with E-state index in [1.54, 1.807) is 19.2 Å². The van der Waals surface area contributed by atoms with Crippen molar-refractivity contribution < 1.29 is 13.9 Å². The second-order valence-corrected chi connectivity index (χ2v) is 5.40. The second kappa shape index (κ2) is 7.63. The van der Waals surface area contributed by atoms with Crippen LogP contribution < -0.4 is 15.4 Å². The maximum absolute atomic E-state index is 12.9. The summed E-state index contributed by atoms with van der Waals surface area (Å²) < 4.78 is 18.2. The summed E-state index contributed by atoms with van der Waals surface area (Å²) in [4.78, 5) is 12.1. The lowest BCUT2D eigenvalue weighted by atomic mass is 10.1. The third kappa shape index (κ3) is 4.71. The molecule has 4 nitrogen and oxygen atoms in total. The Morgan fingerprint density at radius 3 is 2.57 bits per heavy atom. The molecule has 0 aliphatic carbocycles. The summed E-state index contributed by atoms with van der Waals surface area (Å²) in [6.45, 7) is 3.96. The zero-order valence-electron chi connectivity index (χ0n) is 13.5. The number of hydrogen-bond donors (Lipinski definition) is 2. The molecular weight excluding hydrogens is 295 g/mol. The average molecular weight is 316 g/mol. The number of anilines is 1. The first-order chi connectivity index (χ1) is 11.0. The Morgan fingerprint density at radius 1 is 1.22 bits per heavy atom. The van der Waals surface area contributed by atoms with E-state index in [4.69, 9.17) is 4.74 Å². The number of methoxy groups -OCH3 is 1. The van der Waals surface area contributed by atoms with Gasteiger partial charge in [0.1, 0.15) is 11.6 Å². The minimum absolute atomic E-state index is 0.130. The highest BCUT2D eigenvalue weighted by Crippen LogP contribution is 2.24. The number of hydrogen-bond acceptors (Lipinski definition) is 3. The van der Waals surface area contributed by atoms with Crippen LogP contribution in [0.25, 0.3) is 0 Å². The molecule has 0 spiro atoms. The lowest BCUT2D eigenvalue weighted by Crippen LogP contribution is -2.32. The van der Waals surface area contributed by atoms with E-state index in [0.717, 1.165) is 16.8 Å². The third-order valence-electron chi connectivity index (χ3n) is 3.54. The van der Waals surface area contributed by atoms with Gasteiger partial charge >= 0.3 is 0 Å². The van der Waals surface area contributed by atoms with Gasteiger partial charge in [0.05, 0.1) is 25.4 Å². The molecule has 2 N–H and O–H groups in total. The smallest absolute Gasteiger partial charge is 0.239 e. The number of amides is 1. The van der Waals surface area contributed by atoms with Gasteiger partial charge in [-0.15, -0.1) is 0 Å². The van der Waals surface area contributed by atoms with Gasteiger partial charge in [-0.3, -0.25) is 4.79 Å². The van der Waals surface area contributed by atoms with Crippen molar-refractivity contribution in [1.29, 1.82) is 0 Å². The van der Waals surface area contributed by atoms with Crippen molar-refractivity contribution in [2.75, 3.05) is 19.0 Å². The SMILES string of the molecule is COc1ccc(C)cc1NCC(=O)NC(C)c1ccc(F)cc1. The average Bonchev–Trinajstić information content (AvgIpc) is 2.53. The van der Waals surface area contributed by atoms with Crippen molar-refractivity contribution in [2.24, 2.45) is 0 Å². The molecule has 1 atom stereocenters. The molecule has 0 radical (unpaired) electrons. The van der Waals surface area contributed by atoms with Crippen LogP contribution in [-0.4, -0.2) is 19.6 Å². The maximum atomic E-state index is 12.9. The monoisotopic (exact) mass is 316 g/mol. The van der Waals surface area contributed by atoms with E-state index >= 15 is 0 Å². The minimum atomic E-state index is -0.291. The van der Waals surface area contributed by atoms with Gasteiger partial charge in [-0.2, -0.15) is 0 Å². The van der Waals surface area contributed by atoms with Gasteiger partial charge < -0.3 is 15.4 Å². The zero-order chi connectivity index (χ0) is 16.8. The van der Waals surface area contributed by atoms with Crippen molar-refractivity contribution in [3.63, 3.8) is 0 Å². The van der Waals surface area contributed by atoms with Crippen LogP contribution in [0, 0.1) is 12.7 Å². The van der Waals surface area contributed by atoms with E-state index in [1.165, 1.54) is 12.1 Å². The van der Waals surface area contributed by atoms with Crippen LogP contribution >= 0.6 is 0 Å². The summed E-state index contributed by atoms with van der Waals surface area (Å²) in [5, 5.41) is 5.95. The first-order valence-electron chi connectivity index (χ1n) is 7.43. The molecule has 2 aromatic carbocycles. The van der Waals surface area contributed by atoms with Gasteiger partial charge in [-0.05, 0) is 49.2 Å². The Balaban J connectivity index is 1.92. The third-order valence-corrected chi connectivity index (χ3v) is 3.54. The Bertz CT molecular complexity index is 671. The van der Waals surface area contributed by atoms with Gasteiger partial charge in [0.2, 0.25) is 5.91 Å². The van der Waals surface area contributed by atoms with E-state index in [9.17, 15) is 9.18 Å². The zero-order valence-corrected chi connectivity index (χ0v) is 13.5. The first kappa shape index (κ1) is 16.8. The molecule has 1 amide bonds. The Morgan fingerprint density at radius 2 is 1.91 bits per heavy atom. The minimum Gasteiger partial charge on any atom is -0.495 e. The fraction of sp³-hybridized carbons (Fsp3) is 0.278. The van der Waals surface area contributed by atoms with Gasteiger partial charge in [-0.1, -0.05) is 18.2 Å². The normalized spacial score (nSPS) is 11.7. The number of benzene rings is 2. The molecule has 0 saturated heterocycles. The van der Waals surface area contributed by atoms with Crippen molar-refractivity contribution in [3.05, 3.63) is 59.4 Å². The predicted molar refractivity (Wildman–Crippen MR) is 89.2 cm³/mol. The van der Waals surface area contributed by atoms with E-state index in [1.807, 2.05) is 32.0 Å². The predicted octanol–water partition coefficient (Wildman–Crippen LogP) is 3.43. The van der Waals surface area contributed by atoms with Gasteiger partial charge in [0, 0.05) is 0 Å². The molecule has 0 aliphatic heterocycles. The first-order valence-corrected chi connectivity index (χ1v) is 7.43. The highest BCUT2D eigenvalue weighted by Gasteiger charge is 2.10. The van der Waals surface area contributed by atoms with E-state index in [2.05, 4.69) is 10.6 Å². The molecule has 23 heavy (non-hydrogen) atoms. The number of ether oxygens (including phenoxy) is 1. The molecule has 0 heterocycles. The molecule has 2 aromatic rings. The number of aryl methyl sites for hydroxylation is 1. The molecule has 0 aromatic heterocycles. The summed E-state index contributed by atoms with van der Waals surface area (Å²) >= 11 is 0. The Labute approximate surface area is 135 Å². The number of carbonyl (C=O) groups excluding carboxylic acids is 1. The number of halogens is 1. The highest BCUT2D eigenvalue weighted by molar-refractivity contribution is 5.81. The molecule has 0 saturated carbocycles. The maximum Gasteiger partial charge on any atom is 0.239 e. The lowest BCUT2D eigenvalue weighted by molar-refractivity contribution is -0.120.